The van der Waals surface area contributed by atoms with E-state index >= 15 is 0 Å². The second-order valence-corrected chi connectivity index (χ2v) is 8.47. The molecule has 1 aromatic heterocycles. The monoisotopic (exact) mass is 408 g/mol. The first kappa shape index (κ1) is 20.7. The van der Waals surface area contributed by atoms with Gasteiger partial charge < -0.3 is 15.2 Å². The normalized spacial score (nSPS) is 20.8. The Balaban J connectivity index is 1.22. The van der Waals surface area contributed by atoms with Gasteiger partial charge in [0.15, 0.2) is 0 Å². The number of nitrogens with zero attached hydrogens (tertiary/aromatic N) is 2. The molecular weight excluding hydrogens is 376 g/mol. The number of H-pyrrole nitrogens is 1. The van der Waals surface area contributed by atoms with E-state index < -0.39 is 0 Å². The number of carbonyl (C=O) groups is 2. The van der Waals surface area contributed by atoms with E-state index in [-0.39, 0.29) is 17.7 Å². The van der Waals surface area contributed by atoms with E-state index in [0.29, 0.717) is 18.3 Å². The Labute approximate surface area is 178 Å². The highest BCUT2D eigenvalue weighted by molar-refractivity contribution is 5.92. The van der Waals surface area contributed by atoms with Gasteiger partial charge in [0.2, 0.25) is 5.91 Å². The number of piperidine rings is 2. The van der Waals surface area contributed by atoms with Crippen molar-refractivity contribution < 1.29 is 9.59 Å². The summed E-state index contributed by atoms with van der Waals surface area (Å²) in [6, 6.07) is 14.4. The number of carbonyl (C=O) groups excluding carboxylic acids is 2. The third-order valence-electron chi connectivity index (χ3n) is 6.48. The number of likely N-dealkylation sites (tertiary alicyclic amines) is 2. The number of aromatic amines is 1. The molecule has 1 unspecified atom stereocenters. The van der Waals surface area contributed by atoms with Crippen molar-refractivity contribution in [3.05, 3.63) is 59.9 Å². The fourth-order valence-corrected chi connectivity index (χ4v) is 4.74. The Bertz CT molecular complexity index is 813. The van der Waals surface area contributed by atoms with Crippen LogP contribution in [0.1, 0.15) is 41.7 Å². The van der Waals surface area contributed by atoms with E-state index in [1.807, 2.05) is 35.2 Å². The van der Waals surface area contributed by atoms with Crippen molar-refractivity contribution >= 4 is 11.8 Å². The number of aromatic nitrogens is 1. The van der Waals surface area contributed by atoms with Gasteiger partial charge in [-0.15, -0.1) is 0 Å². The highest BCUT2D eigenvalue weighted by Gasteiger charge is 2.32. The number of rotatable bonds is 6. The average Bonchev–Trinajstić information content (AvgIpc) is 3.34. The lowest BCUT2D eigenvalue weighted by atomic mass is 9.93. The van der Waals surface area contributed by atoms with Gasteiger partial charge in [0.1, 0.15) is 5.69 Å². The number of amides is 2. The van der Waals surface area contributed by atoms with Crippen LogP contribution in [-0.2, 0) is 11.2 Å². The van der Waals surface area contributed by atoms with E-state index in [9.17, 15) is 9.59 Å². The molecule has 2 aliphatic rings. The zero-order valence-electron chi connectivity index (χ0n) is 17.6. The lowest BCUT2D eigenvalue weighted by molar-refractivity contribution is -0.127. The molecule has 1 atom stereocenters. The van der Waals surface area contributed by atoms with Crippen LogP contribution in [0.4, 0.5) is 0 Å². The van der Waals surface area contributed by atoms with Gasteiger partial charge in [-0.3, -0.25) is 14.5 Å². The second-order valence-electron chi connectivity index (χ2n) is 8.47. The summed E-state index contributed by atoms with van der Waals surface area (Å²) in [5.41, 5.74) is 1.92. The van der Waals surface area contributed by atoms with Gasteiger partial charge in [-0.05, 0) is 56.3 Å². The van der Waals surface area contributed by atoms with Crippen molar-refractivity contribution in [3.8, 4) is 0 Å². The molecule has 6 nitrogen and oxygen atoms in total. The zero-order valence-corrected chi connectivity index (χ0v) is 17.6. The fourth-order valence-electron chi connectivity index (χ4n) is 4.74. The zero-order chi connectivity index (χ0) is 20.8. The van der Waals surface area contributed by atoms with Crippen molar-refractivity contribution in [1.82, 2.24) is 20.1 Å². The number of benzene rings is 1. The summed E-state index contributed by atoms with van der Waals surface area (Å²) in [5.74, 6) is 0.357. The van der Waals surface area contributed by atoms with Crippen LogP contribution in [-0.4, -0.2) is 65.4 Å². The molecule has 2 aromatic rings. The number of hydrogen-bond acceptors (Lipinski definition) is 3. The average molecular weight is 409 g/mol. The molecule has 2 saturated heterocycles. The van der Waals surface area contributed by atoms with Crippen LogP contribution in [0.2, 0.25) is 0 Å². The molecule has 0 spiro atoms. The molecule has 0 saturated carbocycles. The standard InChI is InChI=1S/C24H32N4O2/c29-23(26-14-10-19-6-2-1-3-7-19)20-8-5-15-28(18-20)21-11-16-27(17-12-21)24(30)22-9-4-13-25-22/h1-4,6-7,9,13,20-21,25H,5,8,10-12,14-18H2,(H,26,29). The number of nitrogens with one attached hydrogen (secondary N) is 2. The van der Waals surface area contributed by atoms with Crippen LogP contribution in [0.5, 0.6) is 0 Å². The Morgan fingerprint density at radius 1 is 1.00 bits per heavy atom. The lowest BCUT2D eigenvalue weighted by Gasteiger charge is -2.42. The minimum Gasteiger partial charge on any atom is -0.357 e. The Morgan fingerprint density at radius 2 is 1.80 bits per heavy atom. The van der Waals surface area contributed by atoms with Crippen molar-refractivity contribution in [3.63, 3.8) is 0 Å². The first-order valence-electron chi connectivity index (χ1n) is 11.2. The maximum Gasteiger partial charge on any atom is 0.270 e. The summed E-state index contributed by atoms with van der Waals surface area (Å²) in [7, 11) is 0. The molecule has 2 aliphatic heterocycles. The summed E-state index contributed by atoms with van der Waals surface area (Å²) < 4.78 is 0. The van der Waals surface area contributed by atoms with Crippen molar-refractivity contribution in [2.24, 2.45) is 5.92 Å². The Kier molecular flexibility index (Phi) is 6.84. The summed E-state index contributed by atoms with van der Waals surface area (Å²) in [6.07, 6.45) is 6.66. The van der Waals surface area contributed by atoms with Crippen molar-refractivity contribution in [1.29, 1.82) is 0 Å². The minimum absolute atomic E-state index is 0.0769. The molecule has 1 aromatic carbocycles. The highest BCUT2D eigenvalue weighted by Crippen LogP contribution is 2.24. The largest absolute Gasteiger partial charge is 0.357 e. The van der Waals surface area contributed by atoms with Crippen LogP contribution >= 0.6 is 0 Å². The van der Waals surface area contributed by atoms with Crippen LogP contribution < -0.4 is 5.32 Å². The summed E-state index contributed by atoms with van der Waals surface area (Å²) in [5, 5.41) is 3.14. The molecule has 0 bridgehead atoms. The van der Waals surface area contributed by atoms with Crippen molar-refractivity contribution in [2.75, 3.05) is 32.7 Å². The molecule has 0 aliphatic carbocycles. The van der Waals surface area contributed by atoms with E-state index in [4.69, 9.17) is 0 Å². The Morgan fingerprint density at radius 3 is 2.53 bits per heavy atom. The predicted octanol–water partition coefficient (Wildman–Crippen LogP) is 2.69. The molecular formula is C24H32N4O2. The van der Waals surface area contributed by atoms with Gasteiger partial charge in [0.25, 0.3) is 5.91 Å². The van der Waals surface area contributed by atoms with Gasteiger partial charge in [-0.1, -0.05) is 30.3 Å². The number of hydrogen-bond donors (Lipinski definition) is 2. The summed E-state index contributed by atoms with van der Waals surface area (Å²) in [4.78, 5) is 32.7. The Hall–Kier alpha value is -2.60. The molecule has 30 heavy (non-hydrogen) atoms. The topological polar surface area (TPSA) is 68.4 Å². The van der Waals surface area contributed by atoms with Crippen LogP contribution in [0.3, 0.4) is 0 Å². The third kappa shape index (κ3) is 5.11. The molecule has 160 valence electrons. The van der Waals surface area contributed by atoms with Gasteiger partial charge in [-0.25, -0.2) is 0 Å². The van der Waals surface area contributed by atoms with E-state index in [1.54, 1.807) is 6.20 Å². The first-order chi connectivity index (χ1) is 14.7. The predicted molar refractivity (Wildman–Crippen MR) is 117 cm³/mol. The van der Waals surface area contributed by atoms with Crippen LogP contribution in [0.15, 0.2) is 48.7 Å². The molecule has 0 radical (unpaired) electrons. The molecule has 2 amide bonds. The van der Waals surface area contributed by atoms with Gasteiger partial charge in [0, 0.05) is 38.4 Å². The van der Waals surface area contributed by atoms with Gasteiger partial charge in [0.05, 0.1) is 5.92 Å². The quantitative estimate of drug-likeness (QED) is 0.772. The van der Waals surface area contributed by atoms with E-state index in [0.717, 1.165) is 58.3 Å². The maximum atomic E-state index is 12.7. The molecule has 6 heteroatoms. The third-order valence-corrected chi connectivity index (χ3v) is 6.48. The van der Waals surface area contributed by atoms with E-state index in [1.165, 1.54) is 5.56 Å². The molecule has 2 fully saturated rings. The molecule has 2 N–H and O–H groups in total. The van der Waals surface area contributed by atoms with E-state index in [2.05, 4.69) is 27.3 Å². The summed E-state index contributed by atoms with van der Waals surface area (Å²) in [6.45, 7) is 4.16. The second kappa shape index (κ2) is 9.94. The maximum absolute atomic E-state index is 12.7. The molecule has 4 rings (SSSR count). The van der Waals surface area contributed by atoms with Crippen LogP contribution in [0.25, 0.3) is 0 Å². The SMILES string of the molecule is O=C(NCCc1ccccc1)C1CCCN(C2CCN(C(=O)c3ccc[nH]3)CC2)C1. The van der Waals surface area contributed by atoms with Crippen molar-refractivity contribution in [2.45, 2.75) is 38.1 Å². The smallest absolute Gasteiger partial charge is 0.270 e. The van der Waals surface area contributed by atoms with Crippen LogP contribution in [0, 0.1) is 5.92 Å². The minimum atomic E-state index is 0.0769. The van der Waals surface area contributed by atoms with Gasteiger partial charge >= 0.3 is 0 Å². The highest BCUT2D eigenvalue weighted by atomic mass is 16.2. The van der Waals surface area contributed by atoms with Gasteiger partial charge in [-0.2, -0.15) is 0 Å². The summed E-state index contributed by atoms with van der Waals surface area (Å²) >= 11 is 0. The fraction of sp³-hybridized carbons (Fsp3) is 0.500. The molecule has 3 heterocycles. The lowest BCUT2D eigenvalue weighted by Crippen LogP contribution is -2.51. The first-order valence-corrected chi connectivity index (χ1v) is 11.2.